The van der Waals surface area contributed by atoms with Crippen molar-refractivity contribution in [3.8, 4) is 5.75 Å². The van der Waals surface area contributed by atoms with Crippen LogP contribution < -0.4 is 20.3 Å². The topological polar surface area (TPSA) is 147 Å². The average molecular weight is 574 g/mol. The van der Waals surface area contributed by atoms with Gasteiger partial charge < -0.3 is 30.0 Å². The van der Waals surface area contributed by atoms with Crippen LogP contribution in [0.4, 0.5) is 23.1 Å². The number of aromatic nitrogens is 4. The molecule has 3 aliphatic rings. The summed E-state index contributed by atoms with van der Waals surface area (Å²) in [7, 11) is -1.32. The Morgan fingerprint density at radius 2 is 1.75 bits per heavy atom. The van der Waals surface area contributed by atoms with Crippen LogP contribution in [0.3, 0.4) is 0 Å². The van der Waals surface area contributed by atoms with Crippen LogP contribution in [0.2, 0.25) is 0 Å². The van der Waals surface area contributed by atoms with E-state index in [2.05, 4.69) is 30.5 Å². The number of nitrogens with one attached hydrogen (secondary N) is 3. The Labute approximate surface area is 235 Å². The van der Waals surface area contributed by atoms with Gasteiger partial charge in [-0.05, 0) is 25.0 Å². The van der Waals surface area contributed by atoms with Crippen LogP contribution in [-0.2, 0) is 4.74 Å². The Balaban J connectivity index is 1.14. The molecule has 3 fully saturated rings. The highest BCUT2D eigenvalue weighted by molar-refractivity contribution is 8.20. The maximum absolute atomic E-state index is 10.9. The van der Waals surface area contributed by atoms with Gasteiger partial charge in [0, 0.05) is 57.1 Å². The fraction of sp³-hybridized carbons (Fsp3) is 0.577. The SMILES string of the molecule is COc1cc(N2CCN(S(O)(O)N3CCOCC3)CC2)ccc1Nc1nc(NC2CCCCC2)c2[nH]cnc2n1. The third-order valence-electron chi connectivity index (χ3n) is 7.93. The number of ether oxygens (including phenoxy) is 2. The number of rotatable bonds is 8. The molecule has 2 aromatic heterocycles. The smallest absolute Gasteiger partial charge is 0.231 e. The zero-order chi connectivity index (χ0) is 27.5. The average Bonchev–Trinajstić information content (AvgIpc) is 3.48. The van der Waals surface area contributed by atoms with Crippen molar-refractivity contribution in [3.63, 3.8) is 0 Å². The van der Waals surface area contributed by atoms with E-state index in [-0.39, 0.29) is 0 Å². The highest BCUT2D eigenvalue weighted by atomic mass is 32.3. The van der Waals surface area contributed by atoms with Gasteiger partial charge in [0.2, 0.25) is 5.95 Å². The molecule has 3 aromatic rings. The number of methoxy groups -OCH3 is 1. The lowest BCUT2D eigenvalue weighted by molar-refractivity contribution is 0.0637. The molecule has 2 saturated heterocycles. The first-order chi connectivity index (χ1) is 19.5. The third kappa shape index (κ3) is 5.78. The summed E-state index contributed by atoms with van der Waals surface area (Å²) in [5.41, 5.74) is 3.17. The van der Waals surface area contributed by atoms with Crippen molar-refractivity contribution in [3.05, 3.63) is 24.5 Å². The van der Waals surface area contributed by atoms with Gasteiger partial charge in [0.05, 0.1) is 32.3 Å². The zero-order valence-corrected chi connectivity index (χ0v) is 23.7. The number of imidazole rings is 1. The number of benzene rings is 1. The second kappa shape index (κ2) is 11.9. The largest absolute Gasteiger partial charge is 0.494 e. The van der Waals surface area contributed by atoms with E-state index in [1.165, 1.54) is 19.3 Å². The number of hydrogen-bond donors (Lipinski definition) is 5. The summed E-state index contributed by atoms with van der Waals surface area (Å²) in [6, 6.07) is 6.39. The Bertz CT molecular complexity index is 1290. The molecule has 1 aliphatic carbocycles. The van der Waals surface area contributed by atoms with Gasteiger partial charge in [0.25, 0.3) is 0 Å². The second-order valence-electron chi connectivity index (χ2n) is 10.4. The van der Waals surface area contributed by atoms with E-state index in [9.17, 15) is 9.11 Å². The molecule has 0 unspecified atom stereocenters. The maximum atomic E-state index is 10.9. The molecule has 218 valence electrons. The van der Waals surface area contributed by atoms with Crippen LogP contribution >= 0.6 is 11.0 Å². The van der Waals surface area contributed by atoms with E-state index < -0.39 is 11.0 Å². The number of anilines is 4. The number of nitrogens with zero attached hydrogens (tertiary/aromatic N) is 6. The van der Waals surface area contributed by atoms with Gasteiger partial charge in [-0.3, -0.25) is 9.11 Å². The van der Waals surface area contributed by atoms with Crippen molar-refractivity contribution in [1.29, 1.82) is 0 Å². The number of morpholine rings is 1. The molecule has 0 bridgehead atoms. The van der Waals surface area contributed by atoms with Crippen LogP contribution in [0.25, 0.3) is 11.2 Å². The van der Waals surface area contributed by atoms with E-state index in [1.54, 1.807) is 22.0 Å². The van der Waals surface area contributed by atoms with Crippen molar-refractivity contribution in [2.24, 2.45) is 0 Å². The van der Waals surface area contributed by atoms with Crippen molar-refractivity contribution in [1.82, 2.24) is 28.5 Å². The Morgan fingerprint density at radius 3 is 2.50 bits per heavy atom. The van der Waals surface area contributed by atoms with Crippen LogP contribution in [0, 0.1) is 0 Å². The summed E-state index contributed by atoms with van der Waals surface area (Å²) < 4.78 is 36.5. The van der Waals surface area contributed by atoms with E-state index in [0.29, 0.717) is 75.9 Å². The van der Waals surface area contributed by atoms with E-state index in [1.807, 2.05) is 18.2 Å². The van der Waals surface area contributed by atoms with E-state index >= 15 is 0 Å². The molecule has 0 spiro atoms. The lowest BCUT2D eigenvalue weighted by Gasteiger charge is -2.52. The number of H-pyrrole nitrogens is 1. The second-order valence-corrected chi connectivity index (χ2v) is 12.4. The molecule has 14 heteroatoms. The molecule has 13 nitrogen and oxygen atoms in total. The highest BCUT2D eigenvalue weighted by Gasteiger charge is 2.34. The predicted molar refractivity (Wildman–Crippen MR) is 157 cm³/mol. The van der Waals surface area contributed by atoms with Gasteiger partial charge in [0.1, 0.15) is 11.3 Å². The summed E-state index contributed by atoms with van der Waals surface area (Å²) in [5.74, 6) is 1.88. The highest BCUT2D eigenvalue weighted by Crippen LogP contribution is 2.47. The Kier molecular flexibility index (Phi) is 8.14. The fourth-order valence-corrected chi connectivity index (χ4v) is 7.30. The first-order valence-electron chi connectivity index (χ1n) is 14.0. The maximum Gasteiger partial charge on any atom is 0.231 e. The van der Waals surface area contributed by atoms with Gasteiger partial charge in [-0.25, -0.2) is 4.98 Å². The first-order valence-corrected chi connectivity index (χ1v) is 15.5. The molecule has 0 amide bonds. The predicted octanol–water partition coefficient (Wildman–Crippen LogP) is 3.88. The lowest BCUT2D eigenvalue weighted by Crippen LogP contribution is -2.52. The lowest BCUT2D eigenvalue weighted by atomic mass is 9.95. The number of piperazine rings is 1. The third-order valence-corrected chi connectivity index (χ3v) is 10.0. The molecule has 6 rings (SSSR count). The summed E-state index contributed by atoms with van der Waals surface area (Å²) >= 11 is 0. The van der Waals surface area contributed by atoms with Crippen molar-refractivity contribution < 1.29 is 18.6 Å². The summed E-state index contributed by atoms with van der Waals surface area (Å²) in [4.78, 5) is 19.2. The minimum Gasteiger partial charge on any atom is -0.494 e. The minimum atomic E-state index is -2.97. The molecule has 1 aromatic carbocycles. The Morgan fingerprint density at radius 1 is 1.00 bits per heavy atom. The molecule has 0 radical (unpaired) electrons. The molecule has 1 saturated carbocycles. The number of hydrogen-bond acceptors (Lipinski definition) is 12. The molecule has 40 heavy (non-hydrogen) atoms. The molecular weight excluding hydrogens is 534 g/mol. The van der Waals surface area contributed by atoms with Crippen LogP contribution in [0.15, 0.2) is 24.5 Å². The summed E-state index contributed by atoms with van der Waals surface area (Å²) in [6.07, 6.45) is 7.67. The van der Waals surface area contributed by atoms with E-state index in [4.69, 9.17) is 14.5 Å². The normalized spacial score (nSPS) is 20.5. The van der Waals surface area contributed by atoms with Gasteiger partial charge in [-0.2, -0.15) is 18.6 Å². The number of fused-ring (bicyclic) bond motifs is 1. The summed E-state index contributed by atoms with van der Waals surface area (Å²) in [5, 5.41) is 6.93. The van der Waals surface area contributed by atoms with Crippen molar-refractivity contribution in [2.75, 3.05) is 75.1 Å². The molecule has 0 atom stereocenters. The van der Waals surface area contributed by atoms with Gasteiger partial charge >= 0.3 is 0 Å². The first kappa shape index (κ1) is 27.3. The van der Waals surface area contributed by atoms with E-state index in [0.717, 1.165) is 35.6 Å². The number of aromatic amines is 1. The summed E-state index contributed by atoms with van der Waals surface area (Å²) in [6.45, 7) is 4.55. The molecular formula is C26H39N9O4S. The van der Waals surface area contributed by atoms with Gasteiger partial charge in [0.15, 0.2) is 11.5 Å². The molecule has 2 aliphatic heterocycles. The van der Waals surface area contributed by atoms with Crippen LogP contribution in [0.1, 0.15) is 32.1 Å². The van der Waals surface area contributed by atoms with Crippen molar-refractivity contribution in [2.45, 2.75) is 38.1 Å². The van der Waals surface area contributed by atoms with Crippen LogP contribution in [0.5, 0.6) is 5.75 Å². The van der Waals surface area contributed by atoms with Gasteiger partial charge in [-0.15, -0.1) is 0 Å². The monoisotopic (exact) mass is 573 g/mol. The van der Waals surface area contributed by atoms with Crippen LogP contribution in [-0.4, -0.2) is 103 Å². The molecule has 4 heterocycles. The quantitative estimate of drug-likeness (QED) is 0.266. The Hall–Kier alpha value is -2.88. The van der Waals surface area contributed by atoms with Gasteiger partial charge in [-0.1, -0.05) is 30.2 Å². The fourth-order valence-electron chi connectivity index (χ4n) is 5.68. The van der Waals surface area contributed by atoms with Crippen molar-refractivity contribution >= 4 is 45.3 Å². The zero-order valence-electron chi connectivity index (χ0n) is 22.9. The molecule has 5 N–H and O–H groups in total. The standard InChI is InChI=1S/C26H39N9O4S/c1-38-22-17-20(33-9-11-34(12-10-33)40(36,37)35-13-15-39-16-14-35)7-8-21(22)30-26-31-24-23(27-18-28-24)25(32-26)29-19-5-3-2-4-6-19/h7-8,17-19,36-37H,2-6,9-16H2,1H3,(H3,27,28,29,30,31,32). The minimum absolute atomic E-state index is 0.398.